The minimum atomic E-state index is -1.02. The smallest absolute Gasteiger partial charge is 0.326 e. The molecule has 0 amide bonds. The fourth-order valence-electron chi connectivity index (χ4n) is 1.20. The molecule has 0 spiro atoms. The number of hydrogen-bond donors (Lipinski definition) is 2. The number of hydrogen-bond acceptors (Lipinski definition) is 3. The van der Waals surface area contributed by atoms with E-state index >= 15 is 0 Å². The maximum Gasteiger partial charge on any atom is 0.326 e. The zero-order valence-corrected chi connectivity index (χ0v) is 9.63. The summed E-state index contributed by atoms with van der Waals surface area (Å²) in [7, 11) is 1.52. The normalized spacial score (nSPS) is 19.8. The van der Waals surface area contributed by atoms with Gasteiger partial charge in [0, 0.05) is 13.2 Å². The molecule has 0 heterocycles. The molecule has 2 N–H and O–H groups in total. The van der Waals surface area contributed by atoms with E-state index < -0.39 is 11.5 Å². The highest BCUT2D eigenvalue weighted by Gasteiger charge is 2.39. The van der Waals surface area contributed by atoms with Crippen LogP contribution in [-0.2, 0) is 9.53 Å². The van der Waals surface area contributed by atoms with Gasteiger partial charge in [-0.3, -0.25) is 10.1 Å². The van der Waals surface area contributed by atoms with Gasteiger partial charge in [-0.15, -0.1) is 0 Å². The van der Waals surface area contributed by atoms with Crippen molar-refractivity contribution in [1.82, 2.24) is 5.32 Å². The van der Waals surface area contributed by atoms with E-state index in [1.165, 1.54) is 7.11 Å². The summed E-state index contributed by atoms with van der Waals surface area (Å²) >= 11 is 0. The maximum atomic E-state index is 11.1. The number of ether oxygens (including phenoxy) is 1. The Morgan fingerprint density at radius 1 is 1.57 bits per heavy atom. The van der Waals surface area contributed by atoms with Gasteiger partial charge < -0.3 is 9.84 Å². The lowest BCUT2D eigenvalue weighted by Gasteiger charge is -2.34. The molecule has 84 valence electrons. The van der Waals surface area contributed by atoms with Crippen molar-refractivity contribution in [2.45, 2.75) is 51.8 Å². The van der Waals surface area contributed by atoms with Crippen LogP contribution in [0.5, 0.6) is 0 Å². The Kier molecular flexibility index (Phi) is 5.08. The predicted octanol–water partition coefficient (Wildman–Crippen LogP) is 1.25. The Labute approximate surface area is 85.6 Å². The van der Waals surface area contributed by atoms with E-state index in [1.54, 1.807) is 13.8 Å². The standard InChI is InChI=1S/C10H21NO3/c1-6-7(2)11-10(4,9(12)13)8(3)14-5/h7-8,11H,6H2,1-5H3,(H,12,13). The van der Waals surface area contributed by atoms with Crippen LogP contribution in [0, 0.1) is 0 Å². The largest absolute Gasteiger partial charge is 0.480 e. The van der Waals surface area contributed by atoms with Crippen LogP contribution in [0.3, 0.4) is 0 Å². The predicted molar refractivity (Wildman–Crippen MR) is 55.4 cm³/mol. The van der Waals surface area contributed by atoms with E-state index in [0.717, 1.165) is 6.42 Å². The molecule has 0 aromatic heterocycles. The molecule has 0 bridgehead atoms. The van der Waals surface area contributed by atoms with Gasteiger partial charge in [-0.25, -0.2) is 0 Å². The first-order valence-electron chi connectivity index (χ1n) is 4.92. The van der Waals surface area contributed by atoms with Crippen molar-refractivity contribution >= 4 is 5.97 Å². The van der Waals surface area contributed by atoms with Crippen molar-refractivity contribution in [3.63, 3.8) is 0 Å². The Morgan fingerprint density at radius 3 is 2.36 bits per heavy atom. The molecule has 4 nitrogen and oxygen atoms in total. The Hall–Kier alpha value is -0.610. The molecule has 4 heteroatoms. The Bertz CT molecular complexity index is 196. The van der Waals surface area contributed by atoms with Gasteiger partial charge >= 0.3 is 5.97 Å². The van der Waals surface area contributed by atoms with Gasteiger partial charge in [-0.05, 0) is 27.2 Å². The van der Waals surface area contributed by atoms with Crippen molar-refractivity contribution < 1.29 is 14.6 Å². The highest BCUT2D eigenvalue weighted by molar-refractivity contribution is 5.79. The summed E-state index contributed by atoms with van der Waals surface area (Å²) < 4.78 is 5.08. The summed E-state index contributed by atoms with van der Waals surface area (Å²) in [4.78, 5) is 11.1. The third-order valence-electron chi connectivity index (χ3n) is 2.77. The van der Waals surface area contributed by atoms with Crippen molar-refractivity contribution in [3.05, 3.63) is 0 Å². The SMILES string of the molecule is CCC(C)NC(C)(C(=O)O)C(C)OC. The van der Waals surface area contributed by atoms with Gasteiger partial charge in [0.05, 0.1) is 6.10 Å². The highest BCUT2D eigenvalue weighted by atomic mass is 16.5. The van der Waals surface area contributed by atoms with Crippen LogP contribution in [0.15, 0.2) is 0 Å². The van der Waals surface area contributed by atoms with E-state index in [4.69, 9.17) is 9.84 Å². The van der Waals surface area contributed by atoms with Gasteiger partial charge in [-0.2, -0.15) is 0 Å². The molecular weight excluding hydrogens is 182 g/mol. The number of carboxylic acids is 1. The van der Waals surface area contributed by atoms with E-state index in [1.807, 2.05) is 13.8 Å². The summed E-state index contributed by atoms with van der Waals surface area (Å²) in [6.45, 7) is 7.38. The first-order chi connectivity index (χ1) is 6.38. The topological polar surface area (TPSA) is 58.6 Å². The van der Waals surface area contributed by atoms with Gasteiger partial charge in [-0.1, -0.05) is 6.92 Å². The maximum absolute atomic E-state index is 11.1. The summed E-state index contributed by atoms with van der Waals surface area (Å²) in [5.41, 5.74) is -1.02. The summed E-state index contributed by atoms with van der Waals surface area (Å²) in [5.74, 6) is -0.882. The van der Waals surface area contributed by atoms with Crippen LogP contribution in [0.2, 0.25) is 0 Å². The average molecular weight is 203 g/mol. The van der Waals surface area contributed by atoms with Crippen LogP contribution in [0.1, 0.15) is 34.1 Å². The van der Waals surface area contributed by atoms with E-state index in [-0.39, 0.29) is 12.1 Å². The molecular formula is C10H21NO3. The molecule has 3 unspecified atom stereocenters. The van der Waals surface area contributed by atoms with Gasteiger partial charge in [0.25, 0.3) is 0 Å². The quantitative estimate of drug-likeness (QED) is 0.682. The summed E-state index contributed by atoms with van der Waals surface area (Å²) in [6, 6.07) is 0.161. The zero-order valence-electron chi connectivity index (χ0n) is 9.63. The lowest BCUT2D eigenvalue weighted by Crippen LogP contribution is -2.60. The summed E-state index contributed by atoms with van der Waals surface area (Å²) in [6.07, 6.45) is 0.522. The second kappa shape index (κ2) is 5.32. The second-order valence-electron chi connectivity index (χ2n) is 3.84. The van der Waals surface area contributed by atoms with E-state index in [2.05, 4.69) is 5.32 Å². The third kappa shape index (κ3) is 2.96. The lowest BCUT2D eigenvalue weighted by molar-refractivity contribution is -0.150. The highest BCUT2D eigenvalue weighted by Crippen LogP contribution is 2.15. The van der Waals surface area contributed by atoms with Crippen molar-refractivity contribution in [2.24, 2.45) is 0 Å². The van der Waals surface area contributed by atoms with Crippen molar-refractivity contribution in [2.75, 3.05) is 7.11 Å². The van der Waals surface area contributed by atoms with Crippen molar-refractivity contribution in [3.8, 4) is 0 Å². The number of rotatable bonds is 6. The van der Waals surface area contributed by atoms with Crippen LogP contribution >= 0.6 is 0 Å². The number of methoxy groups -OCH3 is 1. The molecule has 0 radical (unpaired) electrons. The molecule has 0 aliphatic heterocycles. The summed E-state index contributed by atoms with van der Waals surface area (Å²) in [5, 5.41) is 12.2. The fourth-order valence-corrected chi connectivity index (χ4v) is 1.20. The van der Waals surface area contributed by atoms with E-state index in [9.17, 15) is 4.79 Å². The van der Waals surface area contributed by atoms with Gasteiger partial charge in [0.1, 0.15) is 5.54 Å². The monoisotopic (exact) mass is 203 g/mol. The minimum Gasteiger partial charge on any atom is -0.480 e. The first kappa shape index (κ1) is 13.4. The van der Waals surface area contributed by atoms with Gasteiger partial charge in [0.15, 0.2) is 0 Å². The number of nitrogens with one attached hydrogen (secondary N) is 1. The molecule has 14 heavy (non-hydrogen) atoms. The molecule has 0 aromatic rings. The lowest BCUT2D eigenvalue weighted by atomic mass is 9.94. The second-order valence-corrected chi connectivity index (χ2v) is 3.84. The molecule has 0 aromatic carbocycles. The van der Waals surface area contributed by atoms with Crippen LogP contribution in [0.4, 0.5) is 0 Å². The molecule has 0 fully saturated rings. The molecule has 0 rings (SSSR count). The third-order valence-corrected chi connectivity index (χ3v) is 2.77. The molecule has 3 atom stereocenters. The zero-order chi connectivity index (χ0) is 11.4. The molecule has 0 aliphatic carbocycles. The van der Waals surface area contributed by atoms with Crippen molar-refractivity contribution in [1.29, 1.82) is 0 Å². The Balaban J connectivity index is 4.63. The number of carbonyl (C=O) groups is 1. The minimum absolute atomic E-state index is 0.161. The van der Waals surface area contributed by atoms with Crippen LogP contribution in [-0.4, -0.2) is 35.9 Å². The molecule has 0 aliphatic rings. The number of carboxylic acid groups (broad SMARTS) is 1. The number of aliphatic carboxylic acids is 1. The average Bonchev–Trinajstić information content (AvgIpc) is 2.15. The fraction of sp³-hybridized carbons (Fsp3) is 0.900. The van der Waals surface area contributed by atoms with Crippen LogP contribution in [0.25, 0.3) is 0 Å². The first-order valence-corrected chi connectivity index (χ1v) is 4.92. The van der Waals surface area contributed by atoms with Gasteiger partial charge in [0.2, 0.25) is 0 Å². The molecule has 0 saturated carbocycles. The van der Waals surface area contributed by atoms with E-state index in [0.29, 0.717) is 0 Å². The molecule has 0 saturated heterocycles. The Morgan fingerprint density at radius 2 is 2.07 bits per heavy atom. The van der Waals surface area contributed by atoms with Crippen LogP contribution < -0.4 is 5.32 Å².